The summed E-state index contributed by atoms with van der Waals surface area (Å²) in [6.07, 6.45) is 2.61. The molecule has 0 radical (unpaired) electrons. The second-order valence-corrected chi connectivity index (χ2v) is 2.82. The summed E-state index contributed by atoms with van der Waals surface area (Å²) >= 11 is 4.27. The van der Waals surface area contributed by atoms with E-state index >= 15 is 0 Å². The highest BCUT2D eigenvalue weighted by Gasteiger charge is 1.99. The zero-order chi connectivity index (χ0) is 8.27. The van der Waals surface area contributed by atoms with Gasteiger partial charge in [-0.2, -0.15) is 0 Å². The van der Waals surface area contributed by atoms with Crippen LogP contribution in [0.5, 0.6) is 0 Å². The molecule has 0 fully saturated rings. The predicted molar refractivity (Wildman–Crippen MR) is 52.0 cm³/mol. The van der Waals surface area contributed by atoms with Crippen LogP contribution in [0.15, 0.2) is 35.7 Å². The SMILES string of the molecule is C=CCc1c(N)cccc1S. The van der Waals surface area contributed by atoms with Crippen molar-refractivity contribution in [3.8, 4) is 0 Å². The number of rotatable bonds is 2. The normalized spacial score (nSPS) is 9.55. The largest absolute Gasteiger partial charge is 0.398 e. The van der Waals surface area contributed by atoms with Crippen molar-refractivity contribution < 1.29 is 0 Å². The minimum Gasteiger partial charge on any atom is -0.398 e. The van der Waals surface area contributed by atoms with Crippen LogP contribution in [0.4, 0.5) is 5.69 Å². The highest BCUT2D eigenvalue weighted by atomic mass is 32.1. The van der Waals surface area contributed by atoms with E-state index in [1.807, 2.05) is 24.3 Å². The molecule has 0 aliphatic carbocycles. The van der Waals surface area contributed by atoms with Crippen molar-refractivity contribution >= 4 is 18.3 Å². The Hall–Kier alpha value is -0.890. The number of hydrogen-bond donors (Lipinski definition) is 2. The van der Waals surface area contributed by atoms with E-state index in [9.17, 15) is 0 Å². The van der Waals surface area contributed by atoms with Crippen LogP contribution in [0.3, 0.4) is 0 Å². The third-order valence-corrected chi connectivity index (χ3v) is 1.95. The van der Waals surface area contributed by atoms with E-state index in [0.29, 0.717) is 0 Å². The van der Waals surface area contributed by atoms with E-state index < -0.39 is 0 Å². The topological polar surface area (TPSA) is 26.0 Å². The Morgan fingerprint density at radius 3 is 2.82 bits per heavy atom. The van der Waals surface area contributed by atoms with Gasteiger partial charge >= 0.3 is 0 Å². The molecule has 0 aliphatic heterocycles. The maximum Gasteiger partial charge on any atom is 0.0360 e. The number of allylic oxidation sites excluding steroid dienone is 1. The lowest BCUT2D eigenvalue weighted by atomic mass is 10.1. The molecule has 0 aliphatic rings. The molecular formula is C9H11NS. The smallest absolute Gasteiger partial charge is 0.0360 e. The average molecular weight is 165 g/mol. The maximum absolute atomic E-state index is 5.71. The van der Waals surface area contributed by atoms with Gasteiger partial charge in [-0.3, -0.25) is 0 Å². The Balaban J connectivity index is 3.09. The number of anilines is 1. The van der Waals surface area contributed by atoms with Gasteiger partial charge in [-0.25, -0.2) is 0 Å². The number of benzene rings is 1. The molecule has 1 rings (SSSR count). The zero-order valence-corrected chi connectivity index (χ0v) is 7.14. The maximum atomic E-state index is 5.71. The summed E-state index contributed by atoms with van der Waals surface area (Å²) in [7, 11) is 0. The molecule has 0 unspecified atom stereocenters. The average Bonchev–Trinajstić information content (AvgIpc) is 1.97. The lowest BCUT2D eigenvalue weighted by molar-refractivity contribution is 1.19. The summed E-state index contributed by atoms with van der Waals surface area (Å²) in [5, 5.41) is 0. The van der Waals surface area contributed by atoms with E-state index in [0.717, 1.165) is 22.6 Å². The van der Waals surface area contributed by atoms with Crippen molar-refractivity contribution in [1.82, 2.24) is 0 Å². The van der Waals surface area contributed by atoms with E-state index in [1.165, 1.54) is 0 Å². The van der Waals surface area contributed by atoms with Gasteiger partial charge in [0.15, 0.2) is 0 Å². The first-order chi connectivity index (χ1) is 5.25. The van der Waals surface area contributed by atoms with Crippen LogP contribution in [-0.4, -0.2) is 0 Å². The fraction of sp³-hybridized carbons (Fsp3) is 0.111. The van der Waals surface area contributed by atoms with E-state index in [1.54, 1.807) is 0 Å². The van der Waals surface area contributed by atoms with Crippen LogP contribution < -0.4 is 5.73 Å². The molecule has 2 heteroatoms. The summed E-state index contributed by atoms with van der Waals surface area (Å²) in [5.74, 6) is 0. The molecule has 0 bridgehead atoms. The van der Waals surface area contributed by atoms with E-state index in [-0.39, 0.29) is 0 Å². The summed E-state index contributed by atoms with van der Waals surface area (Å²) in [6.45, 7) is 3.65. The molecule has 58 valence electrons. The summed E-state index contributed by atoms with van der Waals surface area (Å²) in [6, 6.07) is 5.70. The number of thiol groups is 1. The van der Waals surface area contributed by atoms with Gasteiger partial charge in [0, 0.05) is 10.6 Å². The van der Waals surface area contributed by atoms with Crippen molar-refractivity contribution in [3.05, 3.63) is 36.4 Å². The van der Waals surface area contributed by atoms with Gasteiger partial charge in [-0.15, -0.1) is 19.2 Å². The van der Waals surface area contributed by atoms with Crippen LogP contribution in [0.25, 0.3) is 0 Å². The molecule has 1 nitrogen and oxygen atoms in total. The Bertz CT molecular complexity index is 248. The molecular weight excluding hydrogens is 154 g/mol. The van der Waals surface area contributed by atoms with Gasteiger partial charge in [-0.1, -0.05) is 12.1 Å². The minimum atomic E-state index is 0.783. The van der Waals surface area contributed by atoms with Crippen LogP contribution in [-0.2, 0) is 6.42 Å². The highest BCUT2D eigenvalue weighted by molar-refractivity contribution is 7.80. The third-order valence-electron chi connectivity index (χ3n) is 1.54. The first kappa shape index (κ1) is 8.21. The first-order valence-corrected chi connectivity index (χ1v) is 3.87. The van der Waals surface area contributed by atoms with Crippen LogP contribution in [0, 0.1) is 0 Å². The Morgan fingerprint density at radius 2 is 2.27 bits per heavy atom. The van der Waals surface area contributed by atoms with Crippen molar-refractivity contribution in [1.29, 1.82) is 0 Å². The first-order valence-electron chi connectivity index (χ1n) is 3.43. The molecule has 0 amide bonds. The summed E-state index contributed by atoms with van der Waals surface area (Å²) < 4.78 is 0. The molecule has 0 aromatic heterocycles. The third kappa shape index (κ3) is 1.77. The van der Waals surface area contributed by atoms with Gasteiger partial charge in [0.05, 0.1) is 0 Å². The molecule has 1 aromatic carbocycles. The van der Waals surface area contributed by atoms with Crippen molar-refractivity contribution in [3.63, 3.8) is 0 Å². The van der Waals surface area contributed by atoms with Gasteiger partial charge in [0.25, 0.3) is 0 Å². The molecule has 1 aromatic rings. The number of hydrogen-bond acceptors (Lipinski definition) is 2. The quantitative estimate of drug-likeness (QED) is 0.392. The number of nitrogen functional groups attached to an aromatic ring is 1. The Labute approximate surface area is 72.3 Å². The lowest BCUT2D eigenvalue weighted by Crippen LogP contribution is -1.93. The van der Waals surface area contributed by atoms with E-state index in [4.69, 9.17) is 5.73 Å². The fourth-order valence-corrected chi connectivity index (χ4v) is 1.27. The number of nitrogens with two attached hydrogens (primary N) is 1. The van der Waals surface area contributed by atoms with Gasteiger partial charge < -0.3 is 5.73 Å². The van der Waals surface area contributed by atoms with Gasteiger partial charge in [0.1, 0.15) is 0 Å². The summed E-state index contributed by atoms with van der Waals surface area (Å²) in [4.78, 5) is 0.935. The molecule has 11 heavy (non-hydrogen) atoms. The van der Waals surface area contributed by atoms with Crippen LogP contribution in [0.1, 0.15) is 5.56 Å². The molecule has 0 atom stereocenters. The minimum absolute atomic E-state index is 0.783. The predicted octanol–water partition coefficient (Wildman–Crippen LogP) is 2.29. The highest BCUT2D eigenvalue weighted by Crippen LogP contribution is 2.20. The molecule has 0 heterocycles. The second-order valence-electron chi connectivity index (χ2n) is 2.34. The standard InChI is InChI=1S/C9H11NS/c1-2-4-7-8(10)5-3-6-9(7)11/h2-3,5-6,11H,1,4,10H2. The van der Waals surface area contributed by atoms with E-state index in [2.05, 4.69) is 19.2 Å². The van der Waals surface area contributed by atoms with Gasteiger partial charge in [-0.05, 0) is 24.1 Å². The Morgan fingerprint density at radius 1 is 1.55 bits per heavy atom. The molecule has 0 saturated carbocycles. The Kier molecular flexibility index (Phi) is 2.60. The zero-order valence-electron chi connectivity index (χ0n) is 6.25. The van der Waals surface area contributed by atoms with Crippen molar-refractivity contribution in [2.75, 3.05) is 5.73 Å². The van der Waals surface area contributed by atoms with Gasteiger partial charge in [0.2, 0.25) is 0 Å². The van der Waals surface area contributed by atoms with Crippen LogP contribution in [0.2, 0.25) is 0 Å². The molecule has 0 spiro atoms. The molecule has 0 saturated heterocycles. The fourth-order valence-electron chi connectivity index (χ4n) is 0.959. The van der Waals surface area contributed by atoms with Crippen LogP contribution >= 0.6 is 12.6 Å². The monoisotopic (exact) mass is 165 g/mol. The molecule has 2 N–H and O–H groups in total. The van der Waals surface area contributed by atoms with Crippen molar-refractivity contribution in [2.24, 2.45) is 0 Å². The lowest BCUT2D eigenvalue weighted by Gasteiger charge is -2.04. The second kappa shape index (κ2) is 3.49. The van der Waals surface area contributed by atoms with Crippen molar-refractivity contribution in [2.45, 2.75) is 11.3 Å². The summed E-state index contributed by atoms with van der Waals surface area (Å²) in [5.41, 5.74) is 7.56.